The first-order chi connectivity index (χ1) is 5.83. The molecule has 1 aromatic rings. The highest BCUT2D eigenvalue weighted by Gasteiger charge is 1.99. The zero-order valence-electron chi connectivity index (χ0n) is 7.45. The van der Waals surface area contributed by atoms with E-state index in [-0.39, 0.29) is 0 Å². The van der Waals surface area contributed by atoms with E-state index in [1.165, 1.54) is 0 Å². The van der Waals surface area contributed by atoms with E-state index < -0.39 is 0 Å². The number of nitrogens with one attached hydrogen (secondary N) is 1. The Labute approximate surface area is 77.8 Å². The SMILES string of the molecule is CNC(C)CSc1ccccn1. The van der Waals surface area contributed by atoms with Gasteiger partial charge in [0.25, 0.3) is 0 Å². The van der Waals surface area contributed by atoms with Crippen LogP contribution in [0.15, 0.2) is 29.4 Å². The van der Waals surface area contributed by atoms with Gasteiger partial charge in [0.1, 0.15) is 0 Å². The molecule has 0 aliphatic carbocycles. The summed E-state index contributed by atoms with van der Waals surface area (Å²) in [7, 11) is 1.98. The number of rotatable bonds is 4. The summed E-state index contributed by atoms with van der Waals surface area (Å²) >= 11 is 1.78. The van der Waals surface area contributed by atoms with Crippen molar-refractivity contribution in [1.82, 2.24) is 10.3 Å². The number of pyridine rings is 1. The van der Waals surface area contributed by atoms with Crippen LogP contribution in [0.2, 0.25) is 0 Å². The molecule has 0 saturated heterocycles. The Morgan fingerprint density at radius 1 is 1.58 bits per heavy atom. The molecule has 0 bridgehead atoms. The van der Waals surface area contributed by atoms with Crippen LogP contribution in [-0.2, 0) is 0 Å². The smallest absolute Gasteiger partial charge is 0.0960 e. The molecule has 66 valence electrons. The van der Waals surface area contributed by atoms with Gasteiger partial charge >= 0.3 is 0 Å². The van der Waals surface area contributed by atoms with E-state index in [1.54, 1.807) is 11.8 Å². The van der Waals surface area contributed by atoms with Gasteiger partial charge in [-0.15, -0.1) is 11.8 Å². The van der Waals surface area contributed by atoms with E-state index >= 15 is 0 Å². The van der Waals surface area contributed by atoms with Crippen LogP contribution in [0.3, 0.4) is 0 Å². The summed E-state index contributed by atoms with van der Waals surface area (Å²) < 4.78 is 0. The van der Waals surface area contributed by atoms with Crippen LogP contribution in [-0.4, -0.2) is 23.8 Å². The molecule has 0 amide bonds. The molecule has 1 heterocycles. The number of nitrogens with zero attached hydrogens (tertiary/aromatic N) is 1. The maximum Gasteiger partial charge on any atom is 0.0960 e. The molecule has 1 aromatic heterocycles. The second-order valence-electron chi connectivity index (χ2n) is 2.67. The van der Waals surface area contributed by atoms with Crippen molar-refractivity contribution in [2.45, 2.75) is 18.0 Å². The second kappa shape index (κ2) is 5.17. The Balaban J connectivity index is 2.33. The summed E-state index contributed by atoms with van der Waals surface area (Å²) in [6.45, 7) is 2.16. The molecule has 2 nitrogen and oxygen atoms in total. The highest BCUT2D eigenvalue weighted by Crippen LogP contribution is 2.14. The van der Waals surface area contributed by atoms with Gasteiger partial charge in [0, 0.05) is 18.0 Å². The molecule has 0 radical (unpaired) electrons. The average Bonchev–Trinajstić information content (AvgIpc) is 2.16. The Bertz CT molecular complexity index is 213. The van der Waals surface area contributed by atoms with Crippen molar-refractivity contribution in [2.75, 3.05) is 12.8 Å². The molecule has 0 aliphatic rings. The fraction of sp³-hybridized carbons (Fsp3) is 0.444. The van der Waals surface area contributed by atoms with Gasteiger partial charge in [-0.2, -0.15) is 0 Å². The van der Waals surface area contributed by atoms with Crippen LogP contribution < -0.4 is 5.32 Å². The van der Waals surface area contributed by atoms with Crippen LogP contribution in [0.25, 0.3) is 0 Å². The molecule has 0 saturated carbocycles. The van der Waals surface area contributed by atoms with Crippen molar-refractivity contribution in [3.8, 4) is 0 Å². The summed E-state index contributed by atoms with van der Waals surface area (Å²) in [5, 5.41) is 4.28. The van der Waals surface area contributed by atoms with E-state index in [9.17, 15) is 0 Å². The van der Waals surface area contributed by atoms with E-state index in [0.717, 1.165) is 10.8 Å². The predicted octanol–water partition coefficient (Wildman–Crippen LogP) is 1.78. The van der Waals surface area contributed by atoms with Crippen LogP contribution in [0.5, 0.6) is 0 Å². The zero-order chi connectivity index (χ0) is 8.81. The highest BCUT2D eigenvalue weighted by atomic mass is 32.2. The summed E-state index contributed by atoms with van der Waals surface area (Å²) in [4.78, 5) is 4.22. The Morgan fingerprint density at radius 3 is 3.00 bits per heavy atom. The van der Waals surface area contributed by atoms with Crippen molar-refractivity contribution >= 4 is 11.8 Å². The number of aromatic nitrogens is 1. The molecular formula is C9H14N2S. The largest absolute Gasteiger partial charge is 0.316 e. The van der Waals surface area contributed by atoms with Gasteiger partial charge in [0.2, 0.25) is 0 Å². The van der Waals surface area contributed by atoms with Crippen LogP contribution in [0.1, 0.15) is 6.92 Å². The van der Waals surface area contributed by atoms with Crippen LogP contribution in [0, 0.1) is 0 Å². The van der Waals surface area contributed by atoms with E-state index in [4.69, 9.17) is 0 Å². The lowest BCUT2D eigenvalue weighted by molar-refractivity contribution is 0.677. The van der Waals surface area contributed by atoms with Gasteiger partial charge in [0.05, 0.1) is 5.03 Å². The molecule has 0 aliphatic heterocycles. The van der Waals surface area contributed by atoms with Crippen molar-refractivity contribution in [1.29, 1.82) is 0 Å². The normalized spacial score (nSPS) is 12.8. The summed E-state index contributed by atoms with van der Waals surface area (Å²) in [5.74, 6) is 1.06. The lowest BCUT2D eigenvalue weighted by Crippen LogP contribution is -2.23. The molecule has 0 aromatic carbocycles. The molecule has 0 fully saturated rings. The number of thioether (sulfide) groups is 1. The van der Waals surface area contributed by atoms with Gasteiger partial charge in [-0.3, -0.25) is 0 Å². The predicted molar refractivity (Wildman–Crippen MR) is 53.5 cm³/mol. The van der Waals surface area contributed by atoms with E-state index in [2.05, 4.69) is 17.2 Å². The van der Waals surface area contributed by atoms with E-state index in [1.807, 2.05) is 31.4 Å². The summed E-state index contributed by atoms with van der Waals surface area (Å²) in [6.07, 6.45) is 1.83. The third-order valence-electron chi connectivity index (χ3n) is 1.61. The topological polar surface area (TPSA) is 24.9 Å². The molecule has 1 unspecified atom stereocenters. The Kier molecular flexibility index (Phi) is 4.11. The minimum atomic E-state index is 0.539. The van der Waals surface area contributed by atoms with Gasteiger partial charge < -0.3 is 5.32 Å². The molecule has 1 rings (SSSR count). The molecule has 3 heteroatoms. The quantitative estimate of drug-likeness (QED) is 0.718. The highest BCUT2D eigenvalue weighted by molar-refractivity contribution is 7.99. The van der Waals surface area contributed by atoms with Gasteiger partial charge in [-0.25, -0.2) is 4.98 Å². The third kappa shape index (κ3) is 3.24. The number of hydrogen-bond acceptors (Lipinski definition) is 3. The van der Waals surface area contributed by atoms with Crippen LogP contribution >= 0.6 is 11.8 Å². The third-order valence-corrected chi connectivity index (χ3v) is 2.82. The molecule has 1 N–H and O–H groups in total. The van der Waals surface area contributed by atoms with Gasteiger partial charge in [-0.05, 0) is 26.1 Å². The first-order valence-electron chi connectivity index (χ1n) is 4.04. The fourth-order valence-corrected chi connectivity index (χ4v) is 1.62. The first kappa shape index (κ1) is 9.55. The molecule has 0 spiro atoms. The maximum atomic E-state index is 4.22. The summed E-state index contributed by atoms with van der Waals surface area (Å²) in [6, 6.07) is 6.52. The Hall–Kier alpha value is -0.540. The minimum absolute atomic E-state index is 0.539. The van der Waals surface area contributed by atoms with Gasteiger partial charge in [0.15, 0.2) is 0 Å². The lowest BCUT2D eigenvalue weighted by atomic mass is 10.4. The fourth-order valence-electron chi connectivity index (χ4n) is 0.726. The Morgan fingerprint density at radius 2 is 2.42 bits per heavy atom. The van der Waals surface area contributed by atoms with Gasteiger partial charge in [-0.1, -0.05) is 6.07 Å². The minimum Gasteiger partial charge on any atom is -0.316 e. The number of hydrogen-bond donors (Lipinski definition) is 1. The van der Waals surface area contributed by atoms with Crippen molar-refractivity contribution < 1.29 is 0 Å². The molecule has 1 atom stereocenters. The van der Waals surface area contributed by atoms with E-state index in [0.29, 0.717) is 6.04 Å². The van der Waals surface area contributed by atoms with Crippen molar-refractivity contribution in [3.63, 3.8) is 0 Å². The van der Waals surface area contributed by atoms with Crippen molar-refractivity contribution in [3.05, 3.63) is 24.4 Å². The standard InChI is InChI=1S/C9H14N2S/c1-8(10-2)7-12-9-5-3-4-6-11-9/h3-6,8,10H,7H2,1-2H3. The zero-order valence-corrected chi connectivity index (χ0v) is 8.27. The maximum absolute atomic E-state index is 4.22. The average molecular weight is 182 g/mol. The van der Waals surface area contributed by atoms with Crippen LogP contribution in [0.4, 0.5) is 0 Å². The van der Waals surface area contributed by atoms with Crippen molar-refractivity contribution in [2.24, 2.45) is 0 Å². The first-order valence-corrected chi connectivity index (χ1v) is 5.02. The second-order valence-corrected chi connectivity index (χ2v) is 3.71. The summed E-state index contributed by atoms with van der Waals surface area (Å²) in [5.41, 5.74) is 0. The lowest BCUT2D eigenvalue weighted by Gasteiger charge is -2.07. The molecular weight excluding hydrogens is 168 g/mol. The molecule has 12 heavy (non-hydrogen) atoms. The monoisotopic (exact) mass is 182 g/mol.